The first kappa shape index (κ1) is 22.3. The van der Waals surface area contributed by atoms with E-state index in [2.05, 4.69) is 26.5 Å². The molecule has 148 valence electrons. The lowest BCUT2D eigenvalue weighted by Gasteiger charge is -2.20. The van der Waals surface area contributed by atoms with Crippen molar-refractivity contribution in [3.63, 3.8) is 0 Å². The number of Topliss-reactive ketones (excluding diaryl/α,β-unsaturated/α-hetero) is 1. The number of benzene rings is 1. The van der Waals surface area contributed by atoms with Crippen molar-refractivity contribution in [1.82, 2.24) is 3.97 Å². The minimum atomic E-state index is -0.592. The van der Waals surface area contributed by atoms with Gasteiger partial charge >= 0.3 is 6.09 Å². The number of halogens is 1. The van der Waals surface area contributed by atoms with Crippen molar-refractivity contribution in [2.24, 2.45) is 0 Å². The van der Waals surface area contributed by atoms with Crippen molar-refractivity contribution in [2.75, 3.05) is 5.32 Å². The predicted octanol–water partition coefficient (Wildman–Crippen LogP) is 6.19. The number of aryl methyl sites for hydroxylation is 1. The molecule has 0 aliphatic heterocycles. The summed E-state index contributed by atoms with van der Waals surface area (Å²) in [6, 6.07) is 7.61. The van der Waals surface area contributed by atoms with Gasteiger partial charge in [-0.05, 0) is 58.4 Å². The Kier molecular flexibility index (Phi) is 7.17. The molecule has 0 fully saturated rings. The molecule has 1 amide bonds. The molecule has 2 aromatic rings. The number of amides is 1. The number of aromatic nitrogens is 1. The molecule has 8 heteroatoms. The van der Waals surface area contributed by atoms with E-state index in [1.807, 2.05) is 35.2 Å². The molecule has 0 saturated carbocycles. The van der Waals surface area contributed by atoms with Crippen LogP contribution >= 0.6 is 30.3 Å². The van der Waals surface area contributed by atoms with Gasteiger partial charge in [-0.25, -0.2) is 4.79 Å². The summed E-state index contributed by atoms with van der Waals surface area (Å²) in [4.78, 5) is 24.8. The molecule has 1 aromatic carbocycles. The van der Waals surface area contributed by atoms with Crippen molar-refractivity contribution in [3.8, 4) is 6.07 Å². The number of fused-ring (bicyclic) bond motifs is 1. The van der Waals surface area contributed by atoms with Crippen molar-refractivity contribution in [2.45, 2.75) is 46.6 Å². The van der Waals surface area contributed by atoms with Crippen LogP contribution in [0.1, 0.15) is 50.2 Å². The number of nitrogens with one attached hydrogen (secondary N) is 1. The Hall–Kier alpha value is -1.99. The van der Waals surface area contributed by atoms with Gasteiger partial charge in [0.25, 0.3) is 0 Å². The van der Waals surface area contributed by atoms with Crippen molar-refractivity contribution in [1.29, 1.82) is 5.26 Å². The Bertz CT molecular complexity index is 997. The number of hydrogen-bond acceptors (Lipinski definition) is 5. The second kappa shape index (κ2) is 9.01. The van der Waals surface area contributed by atoms with Crippen LogP contribution in [0.2, 0.25) is 0 Å². The fourth-order valence-electron chi connectivity index (χ4n) is 2.63. The SMILES string of the molecule is C/C=C(\C#N)CC(=O)c1cc2cc(C)c(NC(=O)OC(C)(C)C)cc2n1SI. The summed E-state index contributed by atoms with van der Waals surface area (Å²) in [6.07, 6.45) is 1.18. The quantitative estimate of drug-likeness (QED) is 0.294. The predicted molar refractivity (Wildman–Crippen MR) is 122 cm³/mol. The third kappa shape index (κ3) is 5.29. The molecule has 1 aromatic heterocycles. The highest BCUT2D eigenvalue weighted by Gasteiger charge is 2.20. The van der Waals surface area contributed by atoms with Crippen molar-refractivity contribution >= 4 is 58.8 Å². The number of hydrogen-bond donors (Lipinski definition) is 1. The van der Waals surface area contributed by atoms with Crippen LogP contribution in [0.25, 0.3) is 10.9 Å². The topological polar surface area (TPSA) is 84.1 Å². The maximum atomic E-state index is 12.7. The monoisotopic (exact) mass is 511 g/mol. The lowest BCUT2D eigenvalue weighted by atomic mass is 10.1. The molecule has 0 unspecified atom stereocenters. The summed E-state index contributed by atoms with van der Waals surface area (Å²) in [6.45, 7) is 9.04. The standard InChI is InChI=1S/C20H22IN3O3S/c1-6-13(11-22)8-18(25)17-9-14-7-12(2)15(10-16(14)24(17)28-21)23-19(26)27-20(3,4)5/h6-7,9-10H,8H2,1-5H3,(H,23,26)/b13-6-. The molecule has 0 saturated heterocycles. The van der Waals surface area contributed by atoms with Gasteiger partial charge in [-0.1, -0.05) is 6.08 Å². The largest absolute Gasteiger partial charge is 0.444 e. The van der Waals surface area contributed by atoms with Gasteiger partial charge in [-0.2, -0.15) is 5.26 Å². The Morgan fingerprint density at radius 2 is 2.04 bits per heavy atom. The Morgan fingerprint density at radius 1 is 1.36 bits per heavy atom. The van der Waals surface area contributed by atoms with Crippen LogP contribution in [-0.4, -0.2) is 21.4 Å². The van der Waals surface area contributed by atoms with E-state index >= 15 is 0 Å². The molecule has 0 bridgehead atoms. The summed E-state index contributed by atoms with van der Waals surface area (Å²) in [5.74, 6) is -0.130. The minimum Gasteiger partial charge on any atom is -0.444 e. The maximum Gasteiger partial charge on any atom is 0.412 e. The molecule has 0 atom stereocenters. The maximum absolute atomic E-state index is 12.7. The Morgan fingerprint density at radius 3 is 2.57 bits per heavy atom. The van der Waals surface area contributed by atoms with Crippen LogP contribution in [0.15, 0.2) is 29.8 Å². The van der Waals surface area contributed by atoms with Crippen LogP contribution in [0.3, 0.4) is 0 Å². The molecular weight excluding hydrogens is 489 g/mol. The second-order valence-corrected chi connectivity index (χ2v) is 8.96. The van der Waals surface area contributed by atoms with E-state index in [1.54, 1.807) is 33.8 Å². The van der Waals surface area contributed by atoms with Gasteiger partial charge in [0.1, 0.15) is 5.60 Å². The van der Waals surface area contributed by atoms with Gasteiger partial charge in [-0.15, -0.1) is 0 Å². The van der Waals surface area contributed by atoms with E-state index in [-0.39, 0.29) is 12.2 Å². The summed E-state index contributed by atoms with van der Waals surface area (Å²) >= 11 is 2.11. The number of anilines is 1. The van der Waals surface area contributed by atoms with Crippen LogP contribution in [0.5, 0.6) is 0 Å². The van der Waals surface area contributed by atoms with Gasteiger partial charge < -0.3 is 4.74 Å². The van der Waals surface area contributed by atoms with E-state index in [9.17, 15) is 9.59 Å². The molecule has 6 nitrogen and oxygen atoms in total. The average molecular weight is 511 g/mol. The van der Waals surface area contributed by atoms with E-state index in [0.717, 1.165) is 16.5 Å². The van der Waals surface area contributed by atoms with E-state index < -0.39 is 11.7 Å². The fraction of sp³-hybridized carbons (Fsp3) is 0.350. The summed E-state index contributed by atoms with van der Waals surface area (Å²) in [5.41, 5.74) is 2.64. The van der Waals surface area contributed by atoms with Gasteiger partial charge in [0, 0.05) is 53.4 Å². The normalized spacial score (nSPS) is 12.0. The third-order valence-electron chi connectivity index (χ3n) is 3.94. The molecule has 0 radical (unpaired) electrons. The first-order valence-corrected chi connectivity index (χ1v) is 11.9. The van der Waals surface area contributed by atoms with Crippen LogP contribution in [0, 0.1) is 18.3 Å². The fourth-order valence-corrected chi connectivity index (χ4v) is 4.37. The number of nitriles is 1. The van der Waals surface area contributed by atoms with Gasteiger partial charge in [-0.3, -0.25) is 14.1 Å². The zero-order chi connectivity index (χ0) is 21.1. The zero-order valence-corrected chi connectivity index (χ0v) is 19.4. The first-order chi connectivity index (χ1) is 13.1. The number of ether oxygens (including phenoxy) is 1. The number of rotatable bonds is 5. The lowest BCUT2D eigenvalue weighted by molar-refractivity contribution is 0.0635. The summed E-state index contributed by atoms with van der Waals surface area (Å²) < 4.78 is 7.13. The molecule has 0 spiro atoms. The molecule has 2 rings (SSSR count). The van der Waals surface area contributed by atoms with Crippen LogP contribution in [-0.2, 0) is 4.74 Å². The summed E-state index contributed by atoms with van der Waals surface area (Å²) in [5, 5.41) is 12.8. The second-order valence-electron chi connectivity index (χ2n) is 7.27. The number of carbonyl (C=O) groups excluding carboxylic acids is 2. The van der Waals surface area contributed by atoms with E-state index in [0.29, 0.717) is 17.0 Å². The van der Waals surface area contributed by atoms with E-state index in [1.165, 1.54) is 9.12 Å². The van der Waals surface area contributed by atoms with Crippen LogP contribution in [0.4, 0.5) is 10.5 Å². The van der Waals surface area contributed by atoms with Crippen molar-refractivity contribution in [3.05, 3.63) is 41.1 Å². The Labute approximate surface area is 181 Å². The van der Waals surface area contributed by atoms with Gasteiger partial charge in [0.15, 0.2) is 5.78 Å². The third-order valence-corrected chi connectivity index (χ3v) is 5.65. The zero-order valence-electron chi connectivity index (χ0n) is 16.4. The molecule has 0 aliphatic rings. The van der Waals surface area contributed by atoms with E-state index in [4.69, 9.17) is 10.00 Å². The lowest BCUT2D eigenvalue weighted by Crippen LogP contribution is -2.27. The van der Waals surface area contributed by atoms with Gasteiger partial charge in [0.05, 0.1) is 17.3 Å². The molecule has 1 N–H and O–H groups in total. The van der Waals surface area contributed by atoms with Crippen LogP contribution < -0.4 is 5.32 Å². The smallest absolute Gasteiger partial charge is 0.412 e. The summed E-state index contributed by atoms with van der Waals surface area (Å²) in [7, 11) is 1.37. The number of allylic oxidation sites excluding steroid dienone is 2. The molecule has 1 heterocycles. The average Bonchev–Trinajstić information content (AvgIpc) is 2.95. The number of ketones is 1. The van der Waals surface area contributed by atoms with Crippen molar-refractivity contribution < 1.29 is 14.3 Å². The highest BCUT2D eigenvalue weighted by atomic mass is 127. The number of carbonyl (C=O) groups is 2. The number of nitrogens with zero attached hydrogens (tertiary/aromatic N) is 2. The minimum absolute atomic E-state index is 0.0581. The molecular formula is C20H22IN3O3S. The molecule has 28 heavy (non-hydrogen) atoms. The highest BCUT2D eigenvalue weighted by Crippen LogP contribution is 2.33. The Balaban J connectivity index is 2.43. The van der Waals surface area contributed by atoms with Gasteiger partial charge in [0.2, 0.25) is 0 Å². The highest BCUT2D eigenvalue weighted by molar-refractivity contribution is 14.2. The first-order valence-electron chi connectivity index (χ1n) is 8.63. The molecule has 0 aliphatic carbocycles.